The highest BCUT2D eigenvalue weighted by Gasteiger charge is 2.25. The molecule has 2 aliphatic heterocycles. The van der Waals surface area contributed by atoms with Gasteiger partial charge in [-0.2, -0.15) is 0 Å². The van der Waals surface area contributed by atoms with Crippen LogP contribution in [0.1, 0.15) is 53.7 Å². The number of fused-ring (bicyclic) bond motifs is 2. The number of ether oxygens (including phenoxy) is 1. The SMILES string of the molecule is C=CCN1CCC(=C2c3ccccc3COc3cc(C(=O)N(CC)CC)ccc32)CC1.Cl. The van der Waals surface area contributed by atoms with E-state index < -0.39 is 0 Å². The molecule has 1 fully saturated rings. The van der Waals surface area contributed by atoms with Crippen LogP contribution in [0.25, 0.3) is 5.57 Å². The number of likely N-dealkylation sites (tertiary alicyclic amines) is 1. The van der Waals surface area contributed by atoms with Gasteiger partial charge in [0, 0.05) is 43.9 Å². The third-order valence-electron chi connectivity index (χ3n) is 6.42. The Bertz CT molecular complexity index is 1000. The van der Waals surface area contributed by atoms with Crippen molar-refractivity contribution in [2.75, 3.05) is 32.7 Å². The molecule has 0 N–H and O–H groups in total. The summed E-state index contributed by atoms with van der Waals surface area (Å²) in [6, 6.07) is 14.5. The molecule has 2 aliphatic rings. The predicted molar refractivity (Wildman–Crippen MR) is 134 cm³/mol. The zero-order valence-electron chi connectivity index (χ0n) is 19.1. The molecule has 5 heteroatoms. The molecule has 0 saturated carbocycles. The molecule has 0 bridgehead atoms. The summed E-state index contributed by atoms with van der Waals surface area (Å²) in [6.45, 7) is 12.9. The fraction of sp³-hybridized carbons (Fsp3) is 0.370. The van der Waals surface area contributed by atoms with Gasteiger partial charge in [-0.3, -0.25) is 9.69 Å². The number of benzene rings is 2. The quantitative estimate of drug-likeness (QED) is 0.556. The second kappa shape index (κ2) is 10.8. The van der Waals surface area contributed by atoms with Crippen molar-refractivity contribution in [3.63, 3.8) is 0 Å². The van der Waals surface area contributed by atoms with Gasteiger partial charge < -0.3 is 9.64 Å². The first-order valence-electron chi connectivity index (χ1n) is 11.4. The molecule has 1 saturated heterocycles. The van der Waals surface area contributed by atoms with Crippen LogP contribution in [0.15, 0.2) is 60.7 Å². The summed E-state index contributed by atoms with van der Waals surface area (Å²) in [4.78, 5) is 17.2. The van der Waals surface area contributed by atoms with Crippen molar-refractivity contribution in [3.8, 4) is 5.75 Å². The number of carbonyl (C=O) groups is 1. The lowest BCUT2D eigenvalue weighted by molar-refractivity contribution is 0.0772. The molecule has 2 aromatic rings. The van der Waals surface area contributed by atoms with Crippen molar-refractivity contribution < 1.29 is 9.53 Å². The minimum absolute atomic E-state index is 0. The molecule has 4 rings (SSSR count). The molecule has 2 aromatic carbocycles. The second-order valence-electron chi connectivity index (χ2n) is 8.20. The second-order valence-corrected chi connectivity index (χ2v) is 8.20. The maximum atomic E-state index is 12.9. The van der Waals surface area contributed by atoms with E-state index in [2.05, 4.69) is 41.8 Å². The van der Waals surface area contributed by atoms with E-state index >= 15 is 0 Å². The maximum Gasteiger partial charge on any atom is 0.253 e. The van der Waals surface area contributed by atoms with E-state index in [9.17, 15) is 4.79 Å². The topological polar surface area (TPSA) is 32.8 Å². The Morgan fingerprint density at radius 1 is 1.09 bits per heavy atom. The summed E-state index contributed by atoms with van der Waals surface area (Å²) >= 11 is 0. The Morgan fingerprint density at radius 2 is 1.81 bits per heavy atom. The minimum Gasteiger partial charge on any atom is -0.488 e. The van der Waals surface area contributed by atoms with Crippen LogP contribution >= 0.6 is 12.4 Å². The Hall–Kier alpha value is -2.56. The first-order chi connectivity index (χ1) is 15.2. The summed E-state index contributed by atoms with van der Waals surface area (Å²) in [5.41, 5.74) is 7.03. The number of hydrogen-bond acceptors (Lipinski definition) is 3. The summed E-state index contributed by atoms with van der Waals surface area (Å²) in [5, 5.41) is 0. The molecular weight excluding hydrogens is 420 g/mol. The minimum atomic E-state index is 0. The summed E-state index contributed by atoms with van der Waals surface area (Å²) in [5.74, 6) is 0.871. The number of amides is 1. The van der Waals surface area contributed by atoms with Gasteiger partial charge in [-0.05, 0) is 61.6 Å². The van der Waals surface area contributed by atoms with Gasteiger partial charge in [-0.1, -0.05) is 35.9 Å². The van der Waals surface area contributed by atoms with Crippen LogP contribution in [0.2, 0.25) is 0 Å². The van der Waals surface area contributed by atoms with Gasteiger partial charge in [0.25, 0.3) is 5.91 Å². The van der Waals surface area contributed by atoms with Crippen molar-refractivity contribution >= 4 is 23.9 Å². The van der Waals surface area contributed by atoms with Gasteiger partial charge in [0.05, 0.1) is 0 Å². The van der Waals surface area contributed by atoms with Crippen LogP contribution < -0.4 is 4.74 Å². The molecule has 0 aromatic heterocycles. The lowest BCUT2D eigenvalue weighted by Crippen LogP contribution is -2.31. The maximum absolute atomic E-state index is 12.9. The van der Waals surface area contributed by atoms with Gasteiger partial charge in [-0.15, -0.1) is 19.0 Å². The number of nitrogens with zero attached hydrogens (tertiary/aromatic N) is 2. The van der Waals surface area contributed by atoms with Gasteiger partial charge in [0.15, 0.2) is 0 Å². The number of carbonyl (C=O) groups excluding carboxylic acids is 1. The van der Waals surface area contributed by atoms with E-state index in [1.165, 1.54) is 22.3 Å². The number of hydrogen-bond donors (Lipinski definition) is 0. The monoisotopic (exact) mass is 452 g/mol. The Balaban J connectivity index is 0.00000289. The van der Waals surface area contributed by atoms with Crippen LogP contribution in [0.5, 0.6) is 5.75 Å². The third-order valence-corrected chi connectivity index (χ3v) is 6.42. The van der Waals surface area contributed by atoms with E-state index in [1.54, 1.807) is 0 Å². The number of halogens is 1. The highest BCUT2D eigenvalue weighted by Crippen LogP contribution is 2.41. The zero-order valence-corrected chi connectivity index (χ0v) is 19.9. The van der Waals surface area contributed by atoms with Crippen LogP contribution in [-0.2, 0) is 6.61 Å². The van der Waals surface area contributed by atoms with Gasteiger partial charge in [0.2, 0.25) is 0 Å². The standard InChI is InChI=1S/C27H32N2O2.ClH/c1-4-15-28-16-13-20(14-17-28)26-23-10-8-7-9-22(23)19-31-25-18-21(11-12-24(25)26)27(30)29(5-2)6-3;/h4,7-12,18H,1,5-6,13-17,19H2,2-3H3;1H. The van der Waals surface area contributed by atoms with Crippen molar-refractivity contribution in [3.05, 3.63) is 82.9 Å². The molecule has 2 heterocycles. The highest BCUT2D eigenvalue weighted by molar-refractivity contribution is 5.96. The zero-order chi connectivity index (χ0) is 21.8. The molecule has 170 valence electrons. The number of piperidine rings is 1. The molecular formula is C27H33ClN2O2. The fourth-order valence-corrected chi connectivity index (χ4v) is 4.68. The summed E-state index contributed by atoms with van der Waals surface area (Å²) < 4.78 is 6.26. The molecule has 0 spiro atoms. The molecule has 0 unspecified atom stereocenters. The van der Waals surface area contributed by atoms with Crippen LogP contribution in [0, 0.1) is 0 Å². The normalized spacial score (nSPS) is 15.6. The lowest BCUT2D eigenvalue weighted by Gasteiger charge is -2.29. The molecule has 0 radical (unpaired) electrons. The molecule has 1 amide bonds. The first kappa shape index (κ1) is 24.1. The highest BCUT2D eigenvalue weighted by atomic mass is 35.5. The van der Waals surface area contributed by atoms with Crippen molar-refractivity contribution in [1.82, 2.24) is 9.80 Å². The number of rotatable bonds is 5. The Labute approximate surface area is 198 Å². The average Bonchev–Trinajstić information content (AvgIpc) is 2.97. The summed E-state index contributed by atoms with van der Waals surface area (Å²) in [6.07, 6.45) is 4.06. The van der Waals surface area contributed by atoms with E-state index in [4.69, 9.17) is 4.74 Å². The van der Waals surface area contributed by atoms with Crippen molar-refractivity contribution in [2.24, 2.45) is 0 Å². The smallest absolute Gasteiger partial charge is 0.253 e. The van der Waals surface area contributed by atoms with E-state index in [0.29, 0.717) is 25.3 Å². The van der Waals surface area contributed by atoms with Gasteiger partial charge >= 0.3 is 0 Å². The molecule has 32 heavy (non-hydrogen) atoms. The van der Waals surface area contributed by atoms with Gasteiger partial charge in [-0.25, -0.2) is 0 Å². The van der Waals surface area contributed by atoms with E-state index in [1.807, 2.05) is 37.0 Å². The fourth-order valence-electron chi connectivity index (χ4n) is 4.68. The van der Waals surface area contributed by atoms with Crippen LogP contribution in [0.4, 0.5) is 0 Å². The lowest BCUT2D eigenvalue weighted by atomic mass is 9.86. The van der Waals surface area contributed by atoms with E-state index in [0.717, 1.165) is 43.8 Å². The van der Waals surface area contributed by atoms with E-state index in [-0.39, 0.29) is 18.3 Å². The summed E-state index contributed by atoms with van der Waals surface area (Å²) in [7, 11) is 0. The molecule has 0 atom stereocenters. The van der Waals surface area contributed by atoms with Gasteiger partial charge in [0.1, 0.15) is 12.4 Å². The third kappa shape index (κ3) is 4.77. The van der Waals surface area contributed by atoms with Crippen molar-refractivity contribution in [2.45, 2.75) is 33.3 Å². The predicted octanol–water partition coefficient (Wildman–Crippen LogP) is 5.57. The molecule has 4 nitrogen and oxygen atoms in total. The average molecular weight is 453 g/mol. The first-order valence-corrected chi connectivity index (χ1v) is 11.4. The molecule has 0 aliphatic carbocycles. The van der Waals surface area contributed by atoms with Crippen LogP contribution in [-0.4, -0.2) is 48.4 Å². The van der Waals surface area contributed by atoms with Crippen molar-refractivity contribution in [1.29, 1.82) is 0 Å². The van der Waals surface area contributed by atoms with Crippen LogP contribution in [0.3, 0.4) is 0 Å². The Kier molecular flexibility index (Phi) is 8.16. The Morgan fingerprint density at radius 3 is 2.50 bits per heavy atom. The largest absolute Gasteiger partial charge is 0.488 e.